The molecule has 56 heavy (non-hydrogen) atoms. The quantitative estimate of drug-likeness (QED) is 0.114. The van der Waals surface area contributed by atoms with Crippen molar-refractivity contribution < 1.29 is 47.7 Å². The zero-order valence-corrected chi connectivity index (χ0v) is 31.5. The molecule has 0 aromatic heterocycles. The van der Waals surface area contributed by atoms with Gasteiger partial charge in [0, 0.05) is 10.7 Å². The van der Waals surface area contributed by atoms with Crippen LogP contribution in [0.25, 0.3) is 0 Å². The first-order valence-electron chi connectivity index (χ1n) is 18.3. The molecular formula is C43H40N2O10S. The third kappa shape index (κ3) is 8.04. The molecule has 2 saturated heterocycles. The smallest absolute Gasteiger partial charge is 0.338 e. The number of β-lactam (4-membered cyclic amide) rings is 1. The summed E-state index contributed by atoms with van der Waals surface area (Å²) < 4.78 is 22.6. The number of hydrogen-bond donors (Lipinski definition) is 1. The monoisotopic (exact) mass is 776 g/mol. The summed E-state index contributed by atoms with van der Waals surface area (Å²) in [5.74, 6) is -5.64. The Labute approximate surface area is 327 Å². The molecule has 7 rings (SSSR count). The van der Waals surface area contributed by atoms with E-state index in [4.69, 9.17) is 18.9 Å². The fourth-order valence-electron chi connectivity index (χ4n) is 7.39. The molecule has 13 heteroatoms. The SMILES string of the molecule is CC1(C)S[C@@H]2[C@H](NC(=O)[C@H]3C[C@@H](COC(=O)c4ccccc4)[C@H](OC(=O)c4ccccc4)[C@@H]3OC(=O)c3ccccc3)C(=O)N2[C@H]1C(=O)OCc1ccccc1. The van der Waals surface area contributed by atoms with E-state index in [1.807, 2.05) is 44.2 Å². The van der Waals surface area contributed by atoms with Crippen LogP contribution in [0.2, 0.25) is 0 Å². The standard InChI is InChI=1S/C43H40N2O10S/c1-43(2)35(42(51)52-24-26-15-7-3-8-16-26)45-37(47)32(38(45)56-43)44-36(46)31-23-30(25-53-39(48)27-17-9-4-10-18-27)33(54-40(49)28-19-11-5-12-20-28)34(31)55-41(50)29-21-13-6-14-22-29/h3-22,30-35,38H,23-25H2,1-2H3,(H,44,46)/t30-,31-,32+,33-,34+,35-,38+/m0/s1. The van der Waals surface area contributed by atoms with Gasteiger partial charge in [-0.05, 0) is 62.2 Å². The van der Waals surface area contributed by atoms with E-state index in [1.165, 1.54) is 16.7 Å². The van der Waals surface area contributed by atoms with Crippen LogP contribution in [0.3, 0.4) is 0 Å². The number of amides is 2. The molecule has 2 aliphatic heterocycles. The predicted octanol–water partition coefficient (Wildman–Crippen LogP) is 5.22. The number of esters is 4. The third-order valence-corrected chi connectivity index (χ3v) is 11.8. The zero-order chi connectivity index (χ0) is 39.4. The van der Waals surface area contributed by atoms with E-state index in [9.17, 15) is 28.8 Å². The summed E-state index contributed by atoms with van der Waals surface area (Å²) in [6.07, 6.45) is -2.56. The third-order valence-electron chi connectivity index (χ3n) is 10.2. The molecule has 0 bridgehead atoms. The highest BCUT2D eigenvalue weighted by atomic mass is 32.2. The van der Waals surface area contributed by atoms with Gasteiger partial charge in [-0.3, -0.25) is 9.59 Å². The van der Waals surface area contributed by atoms with E-state index < -0.39 is 81.9 Å². The van der Waals surface area contributed by atoms with Crippen LogP contribution in [0.15, 0.2) is 121 Å². The molecule has 3 fully saturated rings. The number of hydrogen-bond acceptors (Lipinski definition) is 11. The minimum Gasteiger partial charge on any atom is -0.462 e. The largest absolute Gasteiger partial charge is 0.462 e. The molecule has 0 spiro atoms. The van der Waals surface area contributed by atoms with Crippen LogP contribution in [0, 0.1) is 11.8 Å². The fraction of sp³-hybridized carbons (Fsp3) is 0.302. The number of benzene rings is 4. The summed E-state index contributed by atoms with van der Waals surface area (Å²) in [6.45, 7) is 3.48. The fourth-order valence-corrected chi connectivity index (χ4v) is 9.01. The van der Waals surface area contributed by atoms with Gasteiger partial charge in [-0.25, -0.2) is 19.2 Å². The maximum atomic E-state index is 14.3. The Morgan fingerprint density at radius 2 is 1.20 bits per heavy atom. The summed E-state index contributed by atoms with van der Waals surface area (Å²) in [5, 5.41) is 2.28. The maximum absolute atomic E-state index is 14.3. The number of carbonyl (C=O) groups is 6. The minimum atomic E-state index is -1.32. The lowest BCUT2D eigenvalue weighted by atomic mass is 9.95. The van der Waals surface area contributed by atoms with Crippen molar-refractivity contribution in [2.45, 2.75) is 61.3 Å². The van der Waals surface area contributed by atoms with Crippen LogP contribution >= 0.6 is 11.8 Å². The normalized spacial score (nSPS) is 24.6. The van der Waals surface area contributed by atoms with Crippen molar-refractivity contribution in [3.05, 3.63) is 144 Å². The van der Waals surface area contributed by atoms with Gasteiger partial charge in [0.25, 0.3) is 0 Å². The van der Waals surface area contributed by atoms with Gasteiger partial charge in [0.2, 0.25) is 11.8 Å². The minimum absolute atomic E-state index is 0.0181. The van der Waals surface area contributed by atoms with Gasteiger partial charge in [-0.1, -0.05) is 84.9 Å². The van der Waals surface area contributed by atoms with Crippen molar-refractivity contribution in [3.8, 4) is 0 Å². The van der Waals surface area contributed by atoms with Crippen LogP contribution in [-0.4, -0.2) is 81.6 Å². The number of nitrogens with zero attached hydrogens (tertiary/aromatic N) is 1. The molecule has 0 unspecified atom stereocenters. The highest BCUT2D eigenvalue weighted by Gasteiger charge is 2.65. The highest BCUT2D eigenvalue weighted by Crippen LogP contribution is 2.51. The zero-order valence-electron chi connectivity index (χ0n) is 30.6. The van der Waals surface area contributed by atoms with E-state index in [0.717, 1.165) is 5.56 Å². The summed E-state index contributed by atoms with van der Waals surface area (Å²) in [7, 11) is 0. The molecule has 1 aliphatic carbocycles. The molecule has 12 nitrogen and oxygen atoms in total. The highest BCUT2D eigenvalue weighted by molar-refractivity contribution is 8.01. The van der Waals surface area contributed by atoms with Crippen LogP contribution < -0.4 is 5.32 Å². The molecule has 4 aromatic carbocycles. The van der Waals surface area contributed by atoms with E-state index in [2.05, 4.69) is 5.32 Å². The van der Waals surface area contributed by atoms with Gasteiger partial charge in [0.05, 0.1) is 29.2 Å². The second-order valence-electron chi connectivity index (χ2n) is 14.4. The molecule has 1 N–H and O–H groups in total. The number of thioether (sulfide) groups is 1. The molecule has 1 saturated carbocycles. The van der Waals surface area contributed by atoms with Gasteiger partial charge in [-0.15, -0.1) is 11.8 Å². The lowest BCUT2D eigenvalue weighted by Crippen LogP contribution is -2.71. The van der Waals surface area contributed by atoms with Crippen LogP contribution in [0.4, 0.5) is 0 Å². The Bertz CT molecular complexity index is 2080. The average molecular weight is 777 g/mol. The van der Waals surface area contributed by atoms with Gasteiger partial charge in [-0.2, -0.15) is 0 Å². The molecule has 2 heterocycles. The van der Waals surface area contributed by atoms with Gasteiger partial charge < -0.3 is 29.2 Å². The number of ether oxygens (including phenoxy) is 4. The van der Waals surface area contributed by atoms with Crippen molar-refractivity contribution in [2.75, 3.05) is 6.61 Å². The Kier molecular flexibility index (Phi) is 11.2. The Balaban J connectivity index is 1.12. The van der Waals surface area contributed by atoms with Gasteiger partial charge in [0.15, 0.2) is 6.10 Å². The first-order chi connectivity index (χ1) is 27.0. The summed E-state index contributed by atoms with van der Waals surface area (Å²) in [5.41, 5.74) is 1.54. The number of carbonyl (C=O) groups excluding carboxylic acids is 6. The topological polar surface area (TPSA) is 155 Å². The van der Waals surface area contributed by atoms with E-state index in [1.54, 1.807) is 91.0 Å². The van der Waals surface area contributed by atoms with Crippen LogP contribution in [0.1, 0.15) is 56.9 Å². The Morgan fingerprint density at radius 1 is 0.696 bits per heavy atom. The lowest BCUT2D eigenvalue weighted by Gasteiger charge is -2.44. The summed E-state index contributed by atoms with van der Waals surface area (Å²) in [4.78, 5) is 83.0. The predicted molar refractivity (Wildman–Crippen MR) is 204 cm³/mol. The number of fused-ring (bicyclic) bond motifs is 1. The summed E-state index contributed by atoms with van der Waals surface area (Å²) in [6, 6.07) is 32.0. The molecule has 7 atom stereocenters. The Morgan fingerprint density at radius 3 is 1.75 bits per heavy atom. The molecular weight excluding hydrogens is 737 g/mol. The average Bonchev–Trinajstić information content (AvgIpc) is 3.69. The number of nitrogens with one attached hydrogen (secondary N) is 1. The van der Waals surface area contributed by atoms with Crippen molar-refractivity contribution in [1.29, 1.82) is 0 Å². The van der Waals surface area contributed by atoms with Crippen LogP contribution in [0.5, 0.6) is 0 Å². The second kappa shape index (κ2) is 16.4. The molecule has 3 aliphatic rings. The van der Waals surface area contributed by atoms with Crippen molar-refractivity contribution >= 4 is 47.5 Å². The van der Waals surface area contributed by atoms with Crippen molar-refractivity contribution in [2.24, 2.45) is 11.8 Å². The lowest BCUT2D eigenvalue weighted by molar-refractivity contribution is -0.165. The van der Waals surface area contributed by atoms with Gasteiger partial charge >= 0.3 is 23.9 Å². The molecule has 2 amide bonds. The van der Waals surface area contributed by atoms with E-state index >= 15 is 0 Å². The van der Waals surface area contributed by atoms with E-state index in [0.29, 0.717) is 5.56 Å². The van der Waals surface area contributed by atoms with Crippen molar-refractivity contribution in [3.63, 3.8) is 0 Å². The summed E-state index contributed by atoms with van der Waals surface area (Å²) >= 11 is 1.37. The molecule has 4 aromatic rings. The van der Waals surface area contributed by atoms with Crippen molar-refractivity contribution in [1.82, 2.24) is 10.2 Å². The maximum Gasteiger partial charge on any atom is 0.338 e. The second-order valence-corrected chi connectivity index (χ2v) is 16.1. The molecule has 0 radical (unpaired) electrons. The van der Waals surface area contributed by atoms with Crippen LogP contribution in [-0.2, 0) is 39.9 Å². The first-order valence-corrected chi connectivity index (χ1v) is 19.1. The Hall–Kier alpha value is -5.95. The van der Waals surface area contributed by atoms with E-state index in [-0.39, 0.29) is 30.8 Å². The van der Waals surface area contributed by atoms with Gasteiger partial charge in [0.1, 0.15) is 30.2 Å². The number of rotatable bonds is 12. The first kappa shape index (κ1) is 38.3. The molecule has 288 valence electrons.